The van der Waals surface area contributed by atoms with Gasteiger partial charge in [-0.05, 0) is 24.1 Å². The van der Waals surface area contributed by atoms with Crippen LogP contribution < -0.4 is 0 Å². The van der Waals surface area contributed by atoms with Gasteiger partial charge in [0.15, 0.2) is 0 Å². The highest BCUT2D eigenvalue weighted by atomic mass is 35.5. The van der Waals surface area contributed by atoms with Gasteiger partial charge in [-0.1, -0.05) is 35.3 Å². The van der Waals surface area contributed by atoms with Crippen LogP contribution >= 0.6 is 23.2 Å². The van der Waals surface area contributed by atoms with E-state index in [9.17, 15) is 9.18 Å². The topological polar surface area (TPSA) is 37.3 Å². The van der Waals surface area contributed by atoms with E-state index in [0.29, 0.717) is 11.1 Å². The maximum atomic E-state index is 13.3. The van der Waals surface area contributed by atoms with Crippen molar-refractivity contribution in [1.82, 2.24) is 0 Å². The first kappa shape index (κ1) is 11.7. The van der Waals surface area contributed by atoms with Crippen molar-refractivity contribution in [3.8, 4) is 0 Å². The second kappa shape index (κ2) is 3.60. The third-order valence-corrected chi connectivity index (χ3v) is 3.81. The predicted molar refractivity (Wildman–Crippen MR) is 59.4 cm³/mol. The van der Waals surface area contributed by atoms with Crippen LogP contribution in [0.2, 0.25) is 0 Å². The van der Waals surface area contributed by atoms with Gasteiger partial charge < -0.3 is 5.11 Å². The van der Waals surface area contributed by atoms with E-state index in [2.05, 4.69) is 0 Å². The SMILES string of the molecule is Cc1ccc(C2C(C(=O)O)C2(Cl)Cl)cc1F. The number of halogens is 3. The number of carboxylic acid groups (broad SMARTS) is 1. The van der Waals surface area contributed by atoms with Gasteiger partial charge in [-0.15, -0.1) is 0 Å². The Morgan fingerprint density at radius 3 is 2.56 bits per heavy atom. The molecule has 0 bridgehead atoms. The van der Waals surface area contributed by atoms with Crippen molar-refractivity contribution in [3.63, 3.8) is 0 Å². The van der Waals surface area contributed by atoms with E-state index in [4.69, 9.17) is 28.3 Å². The fourth-order valence-corrected chi connectivity index (χ4v) is 2.67. The van der Waals surface area contributed by atoms with Crippen molar-refractivity contribution in [2.75, 3.05) is 0 Å². The van der Waals surface area contributed by atoms with Crippen LogP contribution in [0.15, 0.2) is 18.2 Å². The Hall–Kier alpha value is -0.800. The van der Waals surface area contributed by atoms with Crippen molar-refractivity contribution >= 4 is 29.2 Å². The molecule has 1 aromatic carbocycles. The Kier molecular flexibility index (Phi) is 2.63. The standard InChI is InChI=1S/C11H9Cl2FO2/c1-5-2-3-6(4-7(5)14)8-9(10(15)16)11(8,12)13/h2-4,8-9H,1H3,(H,15,16). The summed E-state index contributed by atoms with van der Waals surface area (Å²) >= 11 is 11.7. The highest BCUT2D eigenvalue weighted by Gasteiger charge is 2.68. The molecule has 0 saturated heterocycles. The molecule has 2 unspecified atom stereocenters. The van der Waals surface area contributed by atoms with Crippen molar-refractivity contribution in [2.24, 2.45) is 5.92 Å². The average molecular weight is 263 g/mol. The van der Waals surface area contributed by atoms with Crippen LogP contribution in [0.25, 0.3) is 0 Å². The summed E-state index contributed by atoms with van der Waals surface area (Å²) in [6, 6.07) is 4.54. The molecule has 1 aliphatic rings. The lowest BCUT2D eigenvalue weighted by Gasteiger charge is -2.02. The fraction of sp³-hybridized carbons (Fsp3) is 0.364. The van der Waals surface area contributed by atoms with Gasteiger partial charge in [0.1, 0.15) is 10.2 Å². The molecule has 2 atom stereocenters. The van der Waals surface area contributed by atoms with E-state index >= 15 is 0 Å². The maximum Gasteiger partial charge on any atom is 0.310 e. The minimum Gasteiger partial charge on any atom is -0.481 e. The number of benzene rings is 1. The number of carbonyl (C=O) groups is 1. The first-order valence-electron chi connectivity index (χ1n) is 4.72. The summed E-state index contributed by atoms with van der Waals surface area (Å²) in [4.78, 5) is 10.9. The molecule has 1 aliphatic carbocycles. The smallest absolute Gasteiger partial charge is 0.310 e. The van der Waals surface area contributed by atoms with E-state index in [1.807, 2.05) is 0 Å². The molecule has 2 rings (SSSR count). The van der Waals surface area contributed by atoms with Gasteiger partial charge in [0, 0.05) is 5.92 Å². The summed E-state index contributed by atoms with van der Waals surface area (Å²) in [7, 11) is 0. The summed E-state index contributed by atoms with van der Waals surface area (Å²) in [5, 5.41) is 8.88. The van der Waals surface area contributed by atoms with Gasteiger partial charge in [-0.2, -0.15) is 0 Å². The molecule has 0 aromatic heterocycles. The zero-order valence-corrected chi connectivity index (χ0v) is 9.89. The van der Waals surface area contributed by atoms with Crippen molar-refractivity contribution in [1.29, 1.82) is 0 Å². The number of hydrogen-bond donors (Lipinski definition) is 1. The van der Waals surface area contributed by atoms with Crippen LogP contribution in [0.5, 0.6) is 0 Å². The molecule has 2 nitrogen and oxygen atoms in total. The van der Waals surface area contributed by atoms with E-state index in [0.717, 1.165) is 0 Å². The normalized spacial score (nSPS) is 26.5. The van der Waals surface area contributed by atoms with Gasteiger partial charge >= 0.3 is 5.97 Å². The first-order valence-corrected chi connectivity index (χ1v) is 5.48. The minimum absolute atomic E-state index is 0.377. The van der Waals surface area contributed by atoms with Gasteiger partial charge in [0.05, 0.1) is 5.92 Å². The number of rotatable bonds is 2. The van der Waals surface area contributed by atoms with Gasteiger partial charge in [0.25, 0.3) is 0 Å². The van der Waals surface area contributed by atoms with Gasteiger partial charge in [-0.3, -0.25) is 4.79 Å². The van der Waals surface area contributed by atoms with Gasteiger partial charge in [-0.25, -0.2) is 4.39 Å². The molecule has 0 heterocycles. The highest BCUT2D eigenvalue weighted by Crippen LogP contribution is 2.65. The summed E-state index contributed by atoms with van der Waals surface area (Å²) in [5.41, 5.74) is 1.03. The van der Waals surface area contributed by atoms with Crippen LogP contribution in [0.3, 0.4) is 0 Å². The quantitative estimate of drug-likeness (QED) is 0.832. The van der Waals surface area contributed by atoms with Crippen LogP contribution in [-0.2, 0) is 4.79 Å². The first-order chi connectivity index (χ1) is 7.35. The Morgan fingerprint density at radius 1 is 1.50 bits per heavy atom. The molecular weight excluding hydrogens is 254 g/mol. The molecule has 0 amide bonds. The molecule has 1 aromatic rings. The number of aliphatic carboxylic acids is 1. The van der Waals surface area contributed by atoms with Crippen LogP contribution in [0, 0.1) is 18.7 Å². The van der Waals surface area contributed by atoms with E-state index in [1.54, 1.807) is 19.1 Å². The largest absolute Gasteiger partial charge is 0.481 e. The molecule has 0 radical (unpaired) electrons. The number of hydrogen-bond acceptors (Lipinski definition) is 1. The molecule has 0 aliphatic heterocycles. The van der Waals surface area contributed by atoms with Crippen LogP contribution in [-0.4, -0.2) is 15.4 Å². The van der Waals surface area contributed by atoms with E-state index < -0.39 is 22.1 Å². The highest BCUT2D eigenvalue weighted by molar-refractivity contribution is 6.53. The van der Waals surface area contributed by atoms with Crippen molar-refractivity contribution in [3.05, 3.63) is 35.1 Å². The Balaban J connectivity index is 2.33. The zero-order chi connectivity index (χ0) is 12.1. The molecule has 5 heteroatoms. The van der Waals surface area contributed by atoms with Crippen molar-refractivity contribution in [2.45, 2.75) is 17.2 Å². The Morgan fingerprint density at radius 2 is 2.12 bits per heavy atom. The van der Waals surface area contributed by atoms with E-state index in [-0.39, 0.29) is 5.82 Å². The molecule has 16 heavy (non-hydrogen) atoms. The number of carboxylic acids is 1. The minimum atomic E-state index is -1.33. The molecule has 0 spiro atoms. The third kappa shape index (κ3) is 1.68. The number of aryl methyl sites for hydroxylation is 1. The lowest BCUT2D eigenvalue weighted by atomic mass is 10.1. The third-order valence-electron chi connectivity index (χ3n) is 2.87. The summed E-state index contributed by atoms with van der Waals surface area (Å²) < 4.78 is 12.0. The number of alkyl halides is 2. The molecule has 1 N–H and O–H groups in total. The summed E-state index contributed by atoms with van der Waals surface area (Å²) in [6.07, 6.45) is 0. The lowest BCUT2D eigenvalue weighted by Crippen LogP contribution is -2.03. The average Bonchev–Trinajstić information content (AvgIpc) is 2.74. The lowest BCUT2D eigenvalue weighted by molar-refractivity contribution is -0.138. The fourth-order valence-electron chi connectivity index (χ4n) is 1.85. The second-order valence-corrected chi connectivity index (χ2v) is 5.42. The molecule has 1 saturated carbocycles. The molecule has 86 valence electrons. The van der Waals surface area contributed by atoms with Crippen LogP contribution in [0.4, 0.5) is 4.39 Å². The Labute approximate surface area is 102 Å². The summed E-state index contributed by atoms with van der Waals surface area (Å²) in [5.74, 6) is -2.84. The summed E-state index contributed by atoms with van der Waals surface area (Å²) in [6.45, 7) is 1.63. The maximum absolute atomic E-state index is 13.3. The Bertz CT molecular complexity index is 459. The zero-order valence-electron chi connectivity index (χ0n) is 8.38. The molecule has 1 fully saturated rings. The van der Waals surface area contributed by atoms with Crippen molar-refractivity contribution < 1.29 is 14.3 Å². The monoisotopic (exact) mass is 262 g/mol. The van der Waals surface area contributed by atoms with Crippen LogP contribution in [0.1, 0.15) is 17.0 Å². The predicted octanol–water partition coefficient (Wildman–Crippen LogP) is 3.11. The second-order valence-electron chi connectivity index (χ2n) is 3.98. The van der Waals surface area contributed by atoms with Gasteiger partial charge in [0.2, 0.25) is 0 Å². The van der Waals surface area contributed by atoms with E-state index in [1.165, 1.54) is 6.07 Å². The molecular formula is C11H9Cl2FO2.